The van der Waals surface area contributed by atoms with Crippen LogP contribution in [0.15, 0.2) is 48.5 Å². The van der Waals surface area contributed by atoms with Crippen molar-refractivity contribution < 1.29 is 27.8 Å². The summed E-state index contributed by atoms with van der Waals surface area (Å²) in [7, 11) is 1.57. The normalized spacial score (nSPS) is 20.2. The molecule has 26 heavy (non-hydrogen) atoms. The number of aliphatic hydroxyl groups excluding tert-OH is 1. The standard InChI is InChI=1S/C19H18F3NO3/c1-23(16-10-26-11-17(16)24)18(25)14-6-2-4-12(8-14)13-5-3-7-15(9-13)19(20,21)22/h2-9,16-17,24H,10-11H2,1H3/t16-,17-/m0/s1. The molecular formula is C19H18F3NO3. The Bertz CT molecular complexity index is 807. The molecule has 0 aromatic heterocycles. The molecule has 2 atom stereocenters. The van der Waals surface area contributed by atoms with Gasteiger partial charge in [-0.25, -0.2) is 0 Å². The van der Waals surface area contributed by atoms with Gasteiger partial charge in [0.05, 0.1) is 30.9 Å². The van der Waals surface area contributed by atoms with E-state index >= 15 is 0 Å². The highest BCUT2D eigenvalue weighted by atomic mass is 19.4. The fourth-order valence-corrected chi connectivity index (χ4v) is 2.96. The second kappa shape index (κ2) is 7.09. The fraction of sp³-hybridized carbons (Fsp3) is 0.316. The molecule has 2 aromatic rings. The zero-order valence-electron chi connectivity index (χ0n) is 14.0. The molecule has 3 rings (SSSR count). The topological polar surface area (TPSA) is 49.8 Å². The molecule has 4 nitrogen and oxygen atoms in total. The van der Waals surface area contributed by atoms with Crippen molar-refractivity contribution in [3.05, 3.63) is 59.7 Å². The number of alkyl halides is 3. The molecule has 0 aliphatic carbocycles. The Kier molecular flexibility index (Phi) is 5.02. The van der Waals surface area contributed by atoms with Crippen LogP contribution in [0.4, 0.5) is 13.2 Å². The highest BCUT2D eigenvalue weighted by Gasteiger charge is 2.33. The maximum Gasteiger partial charge on any atom is 0.416 e. The third-order valence-corrected chi connectivity index (χ3v) is 4.47. The second-order valence-electron chi connectivity index (χ2n) is 6.25. The maximum atomic E-state index is 12.9. The first-order chi connectivity index (χ1) is 12.3. The van der Waals surface area contributed by atoms with Gasteiger partial charge in [-0.1, -0.05) is 24.3 Å². The van der Waals surface area contributed by atoms with E-state index in [2.05, 4.69) is 0 Å². The number of benzene rings is 2. The molecule has 1 fully saturated rings. The lowest BCUT2D eigenvalue weighted by Gasteiger charge is -2.26. The van der Waals surface area contributed by atoms with Crippen LogP contribution >= 0.6 is 0 Å². The molecule has 0 radical (unpaired) electrons. The number of aliphatic hydroxyl groups is 1. The molecule has 1 aliphatic heterocycles. The number of hydrogen-bond acceptors (Lipinski definition) is 3. The van der Waals surface area contributed by atoms with Crippen molar-refractivity contribution in [3.63, 3.8) is 0 Å². The van der Waals surface area contributed by atoms with Gasteiger partial charge in [-0.05, 0) is 35.4 Å². The number of hydrogen-bond donors (Lipinski definition) is 1. The predicted molar refractivity (Wildman–Crippen MR) is 89.6 cm³/mol. The number of likely N-dealkylation sites (N-methyl/N-ethyl adjacent to an activating group) is 1. The van der Waals surface area contributed by atoms with E-state index < -0.39 is 23.9 Å². The van der Waals surface area contributed by atoms with Gasteiger partial charge in [0.15, 0.2) is 0 Å². The quantitative estimate of drug-likeness (QED) is 0.909. The van der Waals surface area contributed by atoms with E-state index in [1.54, 1.807) is 37.4 Å². The van der Waals surface area contributed by atoms with E-state index in [0.717, 1.165) is 12.1 Å². The zero-order valence-corrected chi connectivity index (χ0v) is 14.0. The van der Waals surface area contributed by atoms with Crippen molar-refractivity contribution in [1.29, 1.82) is 0 Å². The van der Waals surface area contributed by atoms with Crippen molar-refractivity contribution in [1.82, 2.24) is 4.90 Å². The number of amides is 1. The predicted octanol–water partition coefficient (Wildman–Crippen LogP) is 3.20. The highest BCUT2D eigenvalue weighted by Crippen LogP contribution is 2.32. The summed E-state index contributed by atoms with van der Waals surface area (Å²) in [4.78, 5) is 14.1. The lowest BCUT2D eigenvalue weighted by Crippen LogP contribution is -2.44. The van der Waals surface area contributed by atoms with Crippen molar-refractivity contribution in [2.75, 3.05) is 20.3 Å². The Morgan fingerprint density at radius 1 is 1.12 bits per heavy atom. The van der Waals surface area contributed by atoms with Crippen LogP contribution in [0.1, 0.15) is 15.9 Å². The van der Waals surface area contributed by atoms with E-state index in [9.17, 15) is 23.1 Å². The van der Waals surface area contributed by atoms with Crippen molar-refractivity contribution >= 4 is 5.91 Å². The zero-order chi connectivity index (χ0) is 18.9. The van der Waals surface area contributed by atoms with Crippen LogP contribution in [0.5, 0.6) is 0 Å². The lowest BCUT2D eigenvalue weighted by atomic mass is 10.00. The summed E-state index contributed by atoms with van der Waals surface area (Å²) in [5.74, 6) is -0.326. The second-order valence-corrected chi connectivity index (χ2v) is 6.25. The smallest absolute Gasteiger partial charge is 0.388 e. The van der Waals surface area contributed by atoms with Crippen LogP contribution in [0.25, 0.3) is 11.1 Å². The molecular weight excluding hydrogens is 347 g/mol. The van der Waals surface area contributed by atoms with E-state index in [0.29, 0.717) is 16.7 Å². The van der Waals surface area contributed by atoms with Gasteiger partial charge in [-0.15, -0.1) is 0 Å². The van der Waals surface area contributed by atoms with E-state index in [-0.39, 0.29) is 19.1 Å². The molecule has 0 bridgehead atoms. The summed E-state index contributed by atoms with van der Waals surface area (Å²) in [5, 5.41) is 9.87. The van der Waals surface area contributed by atoms with Crippen molar-refractivity contribution in [2.45, 2.75) is 18.3 Å². The molecule has 1 saturated heterocycles. The number of halogens is 3. The molecule has 0 spiro atoms. The molecule has 1 amide bonds. The largest absolute Gasteiger partial charge is 0.416 e. The first kappa shape index (κ1) is 18.4. The van der Waals surface area contributed by atoms with Gasteiger partial charge in [0.25, 0.3) is 5.91 Å². The summed E-state index contributed by atoms with van der Waals surface area (Å²) in [5.41, 5.74) is 0.483. The fourth-order valence-electron chi connectivity index (χ4n) is 2.96. The van der Waals surface area contributed by atoms with Crippen LogP contribution in [0.3, 0.4) is 0 Å². The van der Waals surface area contributed by atoms with E-state index in [1.165, 1.54) is 11.0 Å². The number of ether oxygens (including phenoxy) is 1. The molecule has 2 aromatic carbocycles. The van der Waals surface area contributed by atoms with Crippen LogP contribution < -0.4 is 0 Å². The van der Waals surface area contributed by atoms with Gasteiger partial charge in [0.2, 0.25) is 0 Å². The molecule has 1 aliphatic rings. The summed E-state index contributed by atoms with van der Waals surface area (Å²) in [6, 6.07) is 10.9. The lowest BCUT2D eigenvalue weighted by molar-refractivity contribution is -0.137. The summed E-state index contributed by atoms with van der Waals surface area (Å²) in [6.45, 7) is 0.420. The molecule has 7 heteroatoms. The number of rotatable bonds is 3. The van der Waals surface area contributed by atoms with Crippen LogP contribution in [-0.4, -0.2) is 48.3 Å². The Morgan fingerprint density at radius 2 is 1.77 bits per heavy atom. The van der Waals surface area contributed by atoms with Crippen molar-refractivity contribution in [3.8, 4) is 11.1 Å². The molecule has 0 saturated carbocycles. The Morgan fingerprint density at radius 3 is 2.38 bits per heavy atom. The minimum atomic E-state index is -4.43. The molecule has 0 unspecified atom stereocenters. The Hall–Kier alpha value is -2.38. The first-order valence-corrected chi connectivity index (χ1v) is 8.08. The summed E-state index contributed by atoms with van der Waals surface area (Å²) < 4.78 is 43.9. The minimum absolute atomic E-state index is 0.173. The van der Waals surface area contributed by atoms with Gasteiger partial charge in [-0.2, -0.15) is 13.2 Å². The van der Waals surface area contributed by atoms with Gasteiger partial charge in [-0.3, -0.25) is 4.79 Å². The number of carbonyl (C=O) groups excluding carboxylic acids is 1. The van der Waals surface area contributed by atoms with Crippen molar-refractivity contribution in [2.24, 2.45) is 0 Å². The van der Waals surface area contributed by atoms with E-state index in [4.69, 9.17) is 4.74 Å². The average Bonchev–Trinajstić information content (AvgIpc) is 3.06. The SMILES string of the molecule is CN(C(=O)c1cccc(-c2cccc(C(F)(F)F)c2)c1)[C@H]1COC[C@@H]1O. The van der Waals surface area contributed by atoms with E-state index in [1.807, 2.05) is 0 Å². The highest BCUT2D eigenvalue weighted by molar-refractivity contribution is 5.95. The third kappa shape index (κ3) is 3.73. The Labute approximate surface area is 148 Å². The van der Waals surface area contributed by atoms with Gasteiger partial charge in [0, 0.05) is 12.6 Å². The van der Waals surface area contributed by atoms with Gasteiger partial charge >= 0.3 is 6.18 Å². The molecule has 138 valence electrons. The maximum absolute atomic E-state index is 12.9. The van der Waals surface area contributed by atoms with Crippen LogP contribution in [-0.2, 0) is 10.9 Å². The van der Waals surface area contributed by atoms with Gasteiger partial charge < -0.3 is 14.7 Å². The van der Waals surface area contributed by atoms with Crippen LogP contribution in [0.2, 0.25) is 0 Å². The monoisotopic (exact) mass is 365 g/mol. The molecule has 1 N–H and O–H groups in total. The number of carbonyl (C=O) groups is 1. The minimum Gasteiger partial charge on any atom is -0.388 e. The third-order valence-electron chi connectivity index (χ3n) is 4.47. The Balaban J connectivity index is 1.88. The van der Waals surface area contributed by atoms with Gasteiger partial charge in [0.1, 0.15) is 0 Å². The first-order valence-electron chi connectivity index (χ1n) is 8.08. The molecule has 1 heterocycles. The summed E-state index contributed by atoms with van der Waals surface area (Å²) >= 11 is 0. The summed E-state index contributed by atoms with van der Waals surface area (Å²) in [6.07, 6.45) is -5.18. The average molecular weight is 365 g/mol. The van der Waals surface area contributed by atoms with Crippen LogP contribution in [0, 0.1) is 0 Å². The number of nitrogens with zero attached hydrogens (tertiary/aromatic N) is 1.